The van der Waals surface area contributed by atoms with E-state index in [-0.39, 0.29) is 5.56 Å². The summed E-state index contributed by atoms with van der Waals surface area (Å²) in [6, 6.07) is 25.7. The molecule has 5 nitrogen and oxygen atoms in total. The molecule has 0 saturated carbocycles. The number of aromatic nitrogens is 1. The Morgan fingerprint density at radius 1 is 0.774 bits per heavy atom. The van der Waals surface area contributed by atoms with Crippen molar-refractivity contribution in [2.24, 2.45) is 0 Å². The smallest absolute Gasteiger partial charge is 0.363 e. The number of fused-ring (bicyclic) bond motifs is 3. The van der Waals surface area contributed by atoms with Crippen LogP contribution < -0.4 is 4.84 Å². The van der Waals surface area contributed by atoms with Gasteiger partial charge in [0.2, 0.25) is 0 Å². The topological polar surface area (TPSA) is 68.5 Å². The maximum absolute atomic E-state index is 12.8. The van der Waals surface area contributed by atoms with E-state index in [0.717, 1.165) is 35.2 Å². The Labute approximate surface area is 179 Å². The van der Waals surface area contributed by atoms with Crippen molar-refractivity contribution in [3.05, 3.63) is 107 Å². The Morgan fingerprint density at radius 2 is 1.48 bits per heavy atom. The van der Waals surface area contributed by atoms with Crippen LogP contribution in [-0.4, -0.2) is 21.8 Å². The zero-order valence-corrected chi connectivity index (χ0v) is 16.6. The molecule has 1 aliphatic rings. The lowest BCUT2D eigenvalue weighted by Gasteiger charge is -2.19. The van der Waals surface area contributed by atoms with Crippen molar-refractivity contribution < 1.29 is 19.5 Å². The van der Waals surface area contributed by atoms with E-state index >= 15 is 0 Å². The van der Waals surface area contributed by atoms with E-state index in [1.807, 2.05) is 24.3 Å². The van der Waals surface area contributed by atoms with Crippen LogP contribution in [-0.2, 0) is 12.8 Å². The lowest BCUT2D eigenvalue weighted by molar-refractivity contribution is 0.0457. The molecule has 3 aromatic carbocycles. The number of benzene rings is 3. The number of hydrogen-bond acceptors (Lipinski definition) is 3. The van der Waals surface area contributed by atoms with Crippen LogP contribution in [0.1, 0.15) is 32.0 Å². The highest BCUT2D eigenvalue weighted by Gasteiger charge is 2.25. The first-order chi connectivity index (χ1) is 15.1. The molecule has 1 aliphatic carbocycles. The molecule has 0 unspecified atom stereocenters. The lowest BCUT2D eigenvalue weighted by atomic mass is 9.90. The molecule has 31 heavy (non-hydrogen) atoms. The van der Waals surface area contributed by atoms with Gasteiger partial charge in [0.15, 0.2) is 0 Å². The second-order valence-corrected chi connectivity index (χ2v) is 7.47. The molecular weight excluding hydrogens is 390 g/mol. The largest absolute Gasteiger partial charge is 0.478 e. The van der Waals surface area contributed by atoms with E-state index in [4.69, 9.17) is 4.84 Å². The van der Waals surface area contributed by atoms with Crippen molar-refractivity contribution in [2.75, 3.05) is 0 Å². The zero-order valence-electron chi connectivity index (χ0n) is 16.6. The highest BCUT2D eigenvalue weighted by atomic mass is 16.7. The summed E-state index contributed by atoms with van der Waals surface area (Å²) in [5, 5.41) is 9.21. The van der Waals surface area contributed by atoms with Crippen LogP contribution in [0.5, 0.6) is 0 Å². The first-order valence-corrected chi connectivity index (χ1v) is 10.1. The fraction of sp³-hybridized carbons (Fsp3) is 0.0769. The molecule has 5 heteroatoms. The first kappa shape index (κ1) is 18.9. The Balaban J connectivity index is 1.64. The number of carbonyl (C=O) groups is 2. The van der Waals surface area contributed by atoms with Gasteiger partial charge in [0.05, 0.1) is 22.5 Å². The van der Waals surface area contributed by atoms with Gasteiger partial charge in [0.25, 0.3) is 0 Å². The van der Waals surface area contributed by atoms with Crippen molar-refractivity contribution >= 4 is 11.9 Å². The average Bonchev–Trinajstić information content (AvgIpc) is 3.18. The van der Waals surface area contributed by atoms with E-state index in [2.05, 4.69) is 12.1 Å². The van der Waals surface area contributed by atoms with Crippen LogP contribution in [0.3, 0.4) is 0 Å². The van der Waals surface area contributed by atoms with Crippen molar-refractivity contribution in [2.45, 2.75) is 12.8 Å². The minimum Gasteiger partial charge on any atom is -0.478 e. The molecule has 0 amide bonds. The third-order valence-corrected chi connectivity index (χ3v) is 5.61. The monoisotopic (exact) mass is 409 g/mol. The number of hydrogen-bond donors (Lipinski definition) is 1. The predicted octanol–water partition coefficient (Wildman–Crippen LogP) is 4.89. The Hall–Kier alpha value is -4.12. The summed E-state index contributed by atoms with van der Waals surface area (Å²) < 4.78 is 1.61. The zero-order chi connectivity index (χ0) is 21.4. The molecule has 0 saturated heterocycles. The third kappa shape index (κ3) is 3.40. The third-order valence-electron chi connectivity index (χ3n) is 5.61. The molecule has 152 valence electrons. The number of carboxylic acid groups (broad SMARTS) is 1. The summed E-state index contributed by atoms with van der Waals surface area (Å²) in [6.45, 7) is 0. The molecule has 0 fully saturated rings. The average molecular weight is 409 g/mol. The molecule has 0 atom stereocenters. The molecule has 0 bridgehead atoms. The summed E-state index contributed by atoms with van der Waals surface area (Å²) in [7, 11) is 0. The second-order valence-electron chi connectivity index (χ2n) is 7.47. The molecule has 1 aromatic heterocycles. The predicted molar refractivity (Wildman–Crippen MR) is 117 cm³/mol. The quantitative estimate of drug-likeness (QED) is 0.521. The van der Waals surface area contributed by atoms with Crippen LogP contribution in [0.2, 0.25) is 0 Å². The summed E-state index contributed by atoms with van der Waals surface area (Å²) >= 11 is 0. The molecule has 0 spiro atoms. The molecule has 0 aliphatic heterocycles. The van der Waals surface area contributed by atoms with E-state index in [9.17, 15) is 14.7 Å². The fourth-order valence-electron chi connectivity index (χ4n) is 4.06. The van der Waals surface area contributed by atoms with Gasteiger partial charge in [-0.05, 0) is 54.3 Å². The van der Waals surface area contributed by atoms with Gasteiger partial charge in [0.1, 0.15) is 0 Å². The number of aryl methyl sites for hydroxylation is 1. The highest BCUT2D eigenvalue weighted by Crippen LogP contribution is 2.38. The van der Waals surface area contributed by atoms with Gasteiger partial charge in [0, 0.05) is 11.1 Å². The van der Waals surface area contributed by atoms with Crippen LogP contribution in [0.4, 0.5) is 0 Å². The number of nitrogens with zero attached hydrogens (tertiary/aromatic N) is 1. The van der Waals surface area contributed by atoms with Crippen molar-refractivity contribution in [1.82, 2.24) is 4.73 Å². The standard InChI is InChI=1S/C26H19NO4/c28-25(29)19-12-10-18(11-13-19)24-16-22-21-9-5-4-6-17(21)14-15-23(22)27(24)31-26(30)20-7-2-1-3-8-20/h1-13,16H,14-15H2,(H,28,29). The SMILES string of the molecule is O=C(O)c1ccc(-c2cc3c(n2OC(=O)c2ccccc2)CCc2ccccc2-3)cc1. The normalized spacial score (nSPS) is 12.0. The molecule has 5 rings (SSSR count). The summed E-state index contributed by atoms with van der Waals surface area (Å²) in [4.78, 5) is 30.0. The van der Waals surface area contributed by atoms with Gasteiger partial charge < -0.3 is 9.94 Å². The van der Waals surface area contributed by atoms with E-state index in [0.29, 0.717) is 11.3 Å². The van der Waals surface area contributed by atoms with Crippen LogP contribution in [0.15, 0.2) is 84.9 Å². The summed E-state index contributed by atoms with van der Waals surface area (Å²) in [6.07, 6.45) is 1.59. The minimum absolute atomic E-state index is 0.207. The number of aromatic carboxylic acids is 1. The number of rotatable bonds is 4. The lowest BCUT2D eigenvalue weighted by Crippen LogP contribution is -2.23. The van der Waals surface area contributed by atoms with Crippen LogP contribution >= 0.6 is 0 Å². The minimum atomic E-state index is -0.981. The van der Waals surface area contributed by atoms with E-state index in [1.54, 1.807) is 53.3 Å². The Morgan fingerprint density at radius 3 is 2.23 bits per heavy atom. The highest BCUT2D eigenvalue weighted by molar-refractivity contribution is 5.90. The van der Waals surface area contributed by atoms with Gasteiger partial charge in [-0.15, -0.1) is 0 Å². The molecule has 1 N–H and O–H groups in total. The maximum Gasteiger partial charge on any atom is 0.363 e. The fourth-order valence-corrected chi connectivity index (χ4v) is 4.06. The first-order valence-electron chi connectivity index (χ1n) is 10.1. The van der Waals surface area contributed by atoms with Crippen molar-refractivity contribution in [1.29, 1.82) is 0 Å². The van der Waals surface area contributed by atoms with Crippen LogP contribution in [0.25, 0.3) is 22.4 Å². The van der Waals surface area contributed by atoms with Crippen molar-refractivity contribution in [3.63, 3.8) is 0 Å². The second kappa shape index (κ2) is 7.61. The van der Waals surface area contributed by atoms with Gasteiger partial charge in [-0.25, -0.2) is 9.59 Å². The van der Waals surface area contributed by atoms with E-state index in [1.165, 1.54) is 5.56 Å². The number of carbonyl (C=O) groups excluding carboxylic acids is 1. The van der Waals surface area contributed by atoms with Gasteiger partial charge >= 0.3 is 11.9 Å². The number of carboxylic acids is 1. The van der Waals surface area contributed by atoms with Gasteiger partial charge in [-0.1, -0.05) is 54.6 Å². The molecular formula is C26H19NO4. The summed E-state index contributed by atoms with van der Waals surface area (Å²) in [5.74, 6) is -1.42. The molecule has 0 radical (unpaired) electrons. The summed E-state index contributed by atoms with van der Waals surface area (Å²) in [5.41, 5.74) is 6.50. The Bertz CT molecular complexity index is 1290. The Kier molecular flexibility index (Phi) is 4.64. The molecule has 4 aromatic rings. The van der Waals surface area contributed by atoms with E-state index < -0.39 is 11.9 Å². The van der Waals surface area contributed by atoms with Gasteiger partial charge in [-0.3, -0.25) is 0 Å². The maximum atomic E-state index is 12.8. The van der Waals surface area contributed by atoms with Crippen molar-refractivity contribution in [3.8, 4) is 22.4 Å². The van der Waals surface area contributed by atoms with Gasteiger partial charge in [-0.2, -0.15) is 4.73 Å². The van der Waals surface area contributed by atoms with Crippen LogP contribution in [0, 0.1) is 0 Å². The molecule has 1 heterocycles.